The number of rotatable bonds is 5. The van der Waals surface area contributed by atoms with Crippen molar-refractivity contribution in [3.63, 3.8) is 0 Å². The van der Waals surface area contributed by atoms with Crippen LogP contribution in [0.15, 0.2) is 36.7 Å². The molecule has 2 N–H and O–H groups in total. The molecule has 0 aliphatic carbocycles. The SMILES string of the molecule is CCOCC(=O)Nc1cccc(-c2cn[nH]c2)c1. The molecule has 0 saturated carbocycles. The van der Waals surface area contributed by atoms with Gasteiger partial charge in [0.1, 0.15) is 6.61 Å². The average Bonchev–Trinajstić information content (AvgIpc) is 2.90. The summed E-state index contributed by atoms with van der Waals surface area (Å²) < 4.78 is 5.04. The number of aromatic nitrogens is 2. The van der Waals surface area contributed by atoms with Crippen LogP contribution in [0.1, 0.15) is 6.92 Å². The first kappa shape index (κ1) is 12.3. The van der Waals surface area contributed by atoms with E-state index >= 15 is 0 Å². The third-order valence-corrected chi connectivity index (χ3v) is 2.42. The summed E-state index contributed by atoms with van der Waals surface area (Å²) in [5.41, 5.74) is 2.73. The van der Waals surface area contributed by atoms with Crippen LogP contribution in [-0.2, 0) is 9.53 Å². The highest BCUT2D eigenvalue weighted by Gasteiger charge is 2.04. The molecule has 1 aromatic heterocycles. The second-order valence-electron chi connectivity index (χ2n) is 3.75. The van der Waals surface area contributed by atoms with Crippen LogP contribution in [0.5, 0.6) is 0 Å². The highest BCUT2D eigenvalue weighted by Crippen LogP contribution is 2.21. The molecule has 0 aliphatic rings. The summed E-state index contributed by atoms with van der Waals surface area (Å²) in [6.07, 6.45) is 3.54. The first-order chi connectivity index (χ1) is 8.79. The van der Waals surface area contributed by atoms with Crippen LogP contribution in [0.25, 0.3) is 11.1 Å². The Balaban J connectivity index is 2.06. The van der Waals surface area contributed by atoms with Crippen molar-refractivity contribution in [2.45, 2.75) is 6.92 Å². The summed E-state index contributed by atoms with van der Waals surface area (Å²) in [5.74, 6) is -0.152. The molecule has 0 fully saturated rings. The van der Waals surface area contributed by atoms with Crippen molar-refractivity contribution in [2.24, 2.45) is 0 Å². The number of hydrogen-bond acceptors (Lipinski definition) is 3. The number of nitrogens with one attached hydrogen (secondary N) is 2. The van der Waals surface area contributed by atoms with Gasteiger partial charge in [-0.05, 0) is 24.6 Å². The highest BCUT2D eigenvalue weighted by molar-refractivity contribution is 5.92. The minimum Gasteiger partial charge on any atom is -0.372 e. The van der Waals surface area contributed by atoms with E-state index in [2.05, 4.69) is 15.5 Å². The smallest absolute Gasteiger partial charge is 0.250 e. The molecule has 1 amide bonds. The van der Waals surface area contributed by atoms with Gasteiger partial charge in [-0.3, -0.25) is 9.89 Å². The third kappa shape index (κ3) is 3.18. The number of carbonyl (C=O) groups is 1. The second-order valence-corrected chi connectivity index (χ2v) is 3.75. The third-order valence-electron chi connectivity index (χ3n) is 2.42. The van der Waals surface area contributed by atoms with Crippen LogP contribution < -0.4 is 5.32 Å². The fourth-order valence-corrected chi connectivity index (χ4v) is 1.58. The Hall–Kier alpha value is -2.14. The average molecular weight is 245 g/mol. The van der Waals surface area contributed by atoms with E-state index in [4.69, 9.17) is 4.74 Å². The molecular formula is C13H15N3O2. The van der Waals surface area contributed by atoms with E-state index in [0.717, 1.165) is 16.8 Å². The van der Waals surface area contributed by atoms with Gasteiger partial charge in [0.25, 0.3) is 0 Å². The van der Waals surface area contributed by atoms with E-state index in [1.807, 2.05) is 31.2 Å². The molecule has 0 aliphatic heterocycles. The Morgan fingerprint density at radius 3 is 3.06 bits per heavy atom. The number of aromatic amines is 1. The molecule has 0 spiro atoms. The van der Waals surface area contributed by atoms with Crippen LogP contribution in [0, 0.1) is 0 Å². The molecule has 94 valence electrons. The maximum Gasteiger partial charge on any atom is 0.250 e. The van der Waals surface area contributed by atoms with Crippen LogP contribution in [0.2, 0.25) is 0 Å². The van der Waals surface area contributed by atoms with Crippen molar-refractivity contribution in [3.8, 4) is 11.1 Å². The number of H-pyrrole nitrogens is 1. The zero-order valence-electron chi connectivity index (χ0n) is 10.1. The lowest BCUT2D eigenvalue weighted by Gasteiger charge is -2.06. The summed E-state index contributed by atoms with van der Waals surface area (Å²) in [6.45, 7) is 2.46. The zero-order valence-corrected chi connectivity index (χ0v) is 10.1. The maximum atomic E-state index is 11.5. The normalized spacial score (nSPS) is 10.3. The first-order valence-electron chi connectivity index (χ1n) is 5.76. The Bertz CT molecular complexity index is 509. The maximum absolute atomic E-state index is 11.5. The van der Waals surface area contributed by atoms with E-state index in [0.29, 0.717) is 6.61 Å². The molecule has 0 bridgehead atoms. The minimum absolute atomic E-state index is 0.0758. The fraction of sp³-hybridized carbons (Fsp3) is 0.231. The van der Waals surface area contributed by atoms with Gasteiger partial charge in [0.2, 0.25) is 5.91 Å². The van der Waals surface area contributed by atoms with Crippen molar-refractivity contribution in [2.75, 3.05) is 18.5 Å². The number of carbonyl (C=O) groups excluding carboxylic acids is 1. The van der Waals surface area contributed by atoms with Crippen LogP contribution in [0.4, 0.5) is 5.69 Å². The van der Waals surface area contributed by atoms with Gasteiger partial charge in [0, 0.05) is 24.1 Å². The van der Waals surface area contributed by atoms with Crippen LogP contribution in [0.3, 0.4) is 0 Å². The van der Waals surface area contributed by atoms with Crippen molar-refractivity contribution in [1.29, 1.82) is 0 Å². The monoisotopic (exact) mass is 245 g/mol. The van der Waals surface area contributed by atoms with Crippen molar-refractivity contribution in [1.82, 2.24) is 10.2 Å². The lowest BCUT2D eigenvalue weighted by Crippen LogP contribution is -2.18. The lowest BCUT2D eigenvalue weighted by atomic mass is 10.1. The molecule has 0 unspecified atom stereocenters. The van der Waals surface area contributed by atoms with Crippen molar-refractivity contribution < 1.29 is 9.53 Å². The summed E-state index contributed by atoms with van der Waals surface area (Å²) in [7, 11) is 0. The Morgan fingerprint density at radius 2 is 2.33 bits per heavy atom. The molecule has 0 atom stereocenters. The molecule has 5 nitrogen and oxygen atoms in total. The van der Waals surface area contributed by atoms with Crippen molar-refractivity contribution in [3.05, 3.63) is 36.7 Å². The van der Waals surface area contributed by atoms with Gasteiger partial charge in [-0.2, -0.15) is 5.10 Å². The highest BCUT2D eigenvalue weighted by atomic mass is 16.5. The molecule has 18 heavy (non-hydrogen) atoms. The predicted molar refractivity (Wildman–Crippen MR) is 69.1 cm³/mol. The fourth-order valence-electron chi connectivity index (χ4n) is 1.58. The van der Waals surface area contributed by atoms with Gasteiger partial charge in [-0.25, -0.2) is 0 Å². The van der Waals surface area contributed by atoms with Crippen LogP contribution >= 0.6 is 0 Å². The minimum atomic E-state index is -0.152. The van der Waals surface area contributed by atoms with E-state index in [1.165, 1.54) is 0 Å². The summed E-state index contributed by atoms with van der Waals surface area (Å²) >= 11 is 0. The Labute approximate surface area is 105 Å². The number of ether oxygens (including phenoxy) is 1. The molecular weight excluding hydrogens is 230 g/mol. The van der Waals surface area contributed by atoms with Gasteiger partial charge in [0.05, 0.1) is 6.20 Å². The number of amides is 1. The lowest BCUT2D eigenvalue weighted by molar-refractivity contribution is -0.120. The van der Waals surface area contributed by atoms with E-state index < -0.39 is 0 Å². The number of benzene rings is 1. The summed E-state index contributed by atoms with van der Waals surface area (Å²) in [5, 5.41) is 9.44. The Kier molecular flexibility index (Phi) is 4.09. The Morgan fingerprint density at radius 1 is 1.44 bits per heavy atom. The van der Waals surface area contributed by atoms with Crippen LogP contribution in [-0.4, -0.2) is 29.3 Å². The number of anilines is 1. The zero-order chi connectivity index (χ0) is 12.8. The quantitative estimate of drug-likeness (QED) is 0.847. The first-order valence-corrected chi connectivity index (χ1v) is 5.76. The summed E-state index contributed by atoms with van der Waals surface area (Å²) in [6, 6.07) is 7.59. The van der Waals surface area contributed by atoms with E-state index in [-0.39, 0.29) is 12.5 Å². The van der Waals surface area contributed by atoms with Crippen molar-refractivity contribution >= 4 is 11.6 Å². The molecule has 2 rings (SSSR count). The molecule has 0 radical (unpaired) electrons. The van der Waals surface area contributed by atoms with E-state index in [1.54, 1.807) is 12.4 Å². The molecule has 1 aromatic carbocycles. The number of nitrogens with zero attached hydrogens (tertiary/aromatic N) is 1. The topological polar surface area (TPSA) is 67.0 Å². The summed E-state index contributed by atoms with van der Waals surface area (Å²) in [4.78, 5) is 11.5. The van der Waals surface area contributed by atoms with Gasteiger partial charge < -0.3 is 10.1 Å². The van der Waals surface area contributed by atoms with Gasteiger partial charge in [0.15, 0.2) is 0 Å². The van der Waals surface area contributed by atoms with Gasteiger partial charge in [-0.1, -0.05) is 12.1 Å². The van der Waals surface area contributed by atoms with Gasteiger partial charge in [-0.15, -0.1) is 0 Å². The molecule has 5 heteroatoms. The van der Waals surface area contributed by atoms with E-state index in [9.17, 15) is 4.79 Å². The largest absolute Gasteiger partial charge is 0.372 e. The predicted octanol–water partition coefficient (Wildman–Crippen LogP) is 2.05. The molecule has 0 saturated heterocycles. The second kappa shape index (κ2) is 5.97. The van der Waals surface area contributed by atoms with Gasteiger partial charge >= 0.3 is 0 Å². The molecule has 1 heterocycles. The standard InChI is InChI=1S/C13H15N3O2/c1-2-18-9-13(17)16-12-5-3-4-10(6-12)11-7-14-15-8-11/h3-8H,2,9H2,1H3,(H,14,15)(H,16,17). The number of hydrogen-bond donors (Lipinski definition) is 2. The molecule has 2 aromatic rings.